The molecule has 5 heterocycles. The first kappa shape index (κ1) is 31.7. The van der Waals surface area contributed by atoms with E-state index in [1.807, 2.05) is 54.6 Å². The minimum absolute atomic E-state index is 0.112. The molecule has 7 aromatic rings. The van der Waals surface area contributed by atoms with E-state index in [1.54, 1.807) is 60.7 Å². The summed E-state index contributed by atoms with van der Waals surface area (Å²) in [5.74, 6) is -0.114. The number of rotatable bonds is 4. The molecule has 2 aliphatic heterocycles. The Morgan fingerprint density at radius 2 is 0.811 bits per heavy atom. The van der Waals surface area contributed by atoms with Gasteiger partial charge in [0.25, 0.3) is 0 Å². The molecule has 0 radical (unpaired) electrons. The predicted octanol–water partition coefficient (Wildman–Crippen LogP) is 9.47. The Morgan fingerprint density at radius 3 is 1.25 bits per heavy atom. The van der Waals surface area contributed by atoms with Gasteiger partial charge in [-0.2, -0.15) is 0 Å². The second-order valence-corrected chi connectivity index (χ2v) is 13.1. The maximum atomic E-state index is 10.6. The van der Waals surface area contributed by atoms with Gasteiger partial charge in [0.05, 0.1) is 22.8 Å². The molecule has 0 aliphatic carbocycles. The monoisotopic (exact) mass is 696 g/mol. The van der Waals surface area contributed by atoms with Crippen LogP contribution in [0.2, 0.25) is 0 Å². The molecule has 9 nitrogen and oxygen atoms in total. The lowest BCUT2D eigenvalue weighted by Gasteiger charge is -2.08. The largest absolute Gasteiger partial charge is 0.508 e. The summed E-state index contributed by atoms with van der Waals surface area (Å²) in [6.45, 7) is 0. The Balaban J connectivity index is 1.48. The highest BCUT2D eigenvalue weighted by atomic mass is 16.3. The van der Waals surface area contributed by atoms with Crippen LogP contribution in [0.4, 0.5) is 0 Å². The number of benzene rings is 4. The summed E-state index contributed by atoms with van der Waals surface area (Å²) in [5.41, 5.74) is 11.9. The third-order valence-electron chi connectivity index (χ3n) is 9.72. The zero-order valence-corrected chi connectivity index (χ0v) is 28.2. The highest BCUT2D eigenvalue weighted by Crippen LogP contribution is 2.40. The Kier molecular flexibility index (Phi) is 7.48. The van der Waals surface area contributed by atoms with Crippen LogP contribution < -0.4 is 0 Å². The van der Waals surface area contributed by atoms with E-state index in [0.717, 1.165) is 72.4 Å². The van der Waals surface area contributed by atoms with E-state index in [1.165, 1.54) is 12.1 Å². The van der Waals surface area contributed by atoms with Crippen molar-refractivity contribution < 1.29 is 25.5 Å². The highest BCUT2D eigenvalue weighted by molar-refractivity contribution is 5.97. The van der Waals surface area contributed by atoms with E-state index in [-0.39, 0.29) is 28.7 Å². The average Bonchev–Trinajstić information content (AvgIpc) is 3.98. The summed E-state index contributed by atoms with van der Waals surface area (Å²) >= 11 is 0. The smallest absolute Gasteiger partial charge is 0.158 e. The quantitative estimate of drug-likeness (QED) is 0.0903. The van der Waals surface area contributed by atoms with Crippen molar-refractivity contribution in [2.75, 3.05) is 0 Å². The summed E-state index contributed by atoms with van der Waals surface area (Å²) in [6, 6.07) is 33.8. The van der Waals surface area contributed by atoms with E-state index in [2.05, 4.69) is 9.97 Å². The standard InChI is InChI=1S/C44H32N4O5/c49-28-7-1-4-24(20-28)41-31-11-13-33(45-31)42(25-5-2-8-29(50)21-25)35-15-17-37(47-35)44(27-10-19-39(52)40(53)23-27)38-18-16-36(48-38)43(34-14-12-32(41)46-34)26-6-3-9-30(51)22-26/h1-15,17,19-23,46-47,49-53H,16,18H2. The Hall–Kier alpha value is -7.26. The van der Waals surface area contributed by atoms with Crippen molar-refractivity contribution in [3.63, 3.8) is 0 Å². The van der Waals surface area contributed by atoms with Gasteiger partial charge in [-0.3, -0.25) is 4.98 Å². The third-order valence-corrected chi connectivity index (χ3v) is 9.72. The van der Waals surface area contributed by atoms with E-state index < -0.39 is 0 Å². The Morgan fingerprint density at radius 1 is 0.396 bits per heavy atom. The lowest BCUT2D eigenvalue weighted by atomic mass is 10.00. The Labute approximate surface area is 303 Å². The first-order chi connectivity index (χ1) is 25.8. The van der Waals surface area contributed by atoms with Crippen LogP contribution in [0.5, 0.6) is 28.7 Å². The van der Waals surface area contributed by atoms with Gasteiger partial charge in [-0.15, -0.1) is 0 Å². The van der Waals surface area contributed by atoms with Gasteiger partial charge in [0.2, 0.25) is 0 Å². The van der Waals surface area contributed by atoms with Gasteiger partial charge in [-0.25, -0.2) is 4.98 Å². The average molecular weight is 697 g/mol. The highest BCUT2D eigenvalue weighted by Gasteiger charge is 2.22. The number of hydrogen-bond donors (Lipinski definition) is 7. The lowest BCUT2D eigenvalue weighted by molar-refractivity contribution is 0.404. The van der Waals surface area contributed by atoms with Crippen LogP contribution in [0, 0.1) is 0 Å². The zero-order chi connectivity index (χ0) is 36.2. The van der Waals surface area contributed by atoms with Gasteiger partial charge in [0.15, 0.2) is 11.5 Å². The van der Waals surface area contributed by atoms with E-state index in [9.17, 15) is 25.5 Å². The van der Waals surface area contributed by atoms with Crippen molar-refractivity contribution in [2.45, 2.75) is 12.8 Å². The predicted molar refractivity (Wildman–Crippen MR) is 207 cm³/mol. The fourth-order valence-corrected chi connectivity index (χ4v) is 7.39. The summed E-state index contributed by atoms with van der Waals surface area (Å²) in [5, 5.41) is 52.6. The fraction of sp³-hybridized carbons (Fsp3) is 0.0455. The normalized spacial score (nSPS) is 12.3. The van der Waals surface area contributed by atoms with Crippen molar-refractivity contribution in [3.05, 3.63) is 138 Å². The molecule has 0 saturated carbocycles. The number of hydrogen-bond acceptors (Lipinski definition) is 7. The number of phenols is 5. The van der Waals surface area contributed by atoms with E-state index >= 15 is 0 Å². The first-order valence-electron chi connectivity index (χ1n) is 17.2. The first-order valence-corrected chi connectivity index (χ1v) is 17.2. The molecule has 0 saturated heterocycles. The molecular formula is C44H32N4O5. The summed E-state index contributed by atoms with van der Waals surface area (Å²) < 4.78 is 0. The molecule has 9 rings (SSSR count). The van der Waals surface area contributed by atoms with Crippen LogP contribution in [0.15, 0.2) is 115 Å². The van der Waals surface area contributed by atoms with Gasteiger partial charge < -0.3 is 35.5 Å². The topological polar surface area (TPSA) is 159 Å². The molecule has 0 atom stereocenters. The van der Waals surface area contributed by atoms with Crippen molar-refractivity contribution in [3.8, 4) is 73.3 Å². The van der Waals surface area contributed by atoms with Crippen molar-refractivity contribution in [1.29, 1.82) is 0 Å². The van der Waals surface area contributed by atoms with Crippen molar-refractivity contribution >= 4 is 34.2 Å². The van der Waals surface area contributed by atoms with Crippen LogP contribution >= 0.6 is 0 Å². The molecule has 53 heavy (non-hydrogen) atoms. The molecule has 3 aromatic heterocycles. The number of aryl methyl sites for hydroxylation is 2. The molecular weight excluding hydrogens is 665 g/mol. The molecule has 9 heteroatoms. The van der Waals surface area contributed by atoms with Crippen molar-refractivity contribution in [2.24, 2.45) is 0 Å². The summed E-state index contributed by atoms with van der Waals surface area (Å²) in [6.07, 6.45) is 5.05. The summed E-state index contributed by atoms with van der Waals surface area (Å²) in [7, 11) is 0. The SMILES string of the molecule is Oc1cccc(-c2c3nc(c(-c4cccc(O)c4)c4ccc([nH]4)c(-c4ccc(O)c(O)c4)c4nc(c(-c5cccc(O)c5)c5ccc2[nH]5)CC4)C=C3)c1. The number of aromatic nitrogens is 4. The van der Waals surface area contributed by atoms with Crippen LogP contribution in [0.1, 0.15) is 22.8 Å². The van der Waals surface area contributed by atoms with Gasteiger partial charge in [-0.1, -0.05) is 42.5 Å². The minimum Gasteiger partial charge on any atom is -0.508 e. The van der Waals surface area contributed by atoms with Gasteiger partial charge >= 0.3 is 0 Å². The second kappa shape index (κ2) is 12.5. The molecule has 258 valence electrons. The number of aromatic hydroxyl groups is 5. The van der Waals surface area contributed by atoms with Crippen LogP contribution in [0.25, 0.3) is 78.7 Å². The summed E-state index contributed by atoms with van der Waals surface area (Å²) in [4.78, 5) is 17.7. The van der Waals surface area contributed by atoms with Crippen LogP contribution in [-0.4, -0.2) is 45.5 Å². The number of fused-ring (bicyclic) bond motifs is 8. The number of aromatic amines is 2. The van der Waals surface area contributed by atoms with Crippen LogP contribution in [0.3, 0.4) is 0 Å². The number of phenolic OH excluding ortho intramolecular Hbond substituents is 5. The fourth-order valence-electron chi connectivity index (χ4n) is 7.39. The molecule has 0 amide bonds. The molecule has 0 unspecified atom stereocenters. The van der Waals surface area contributed by atoms with Gasteiger partial charge in [-0.05, 0) is 120 Å². The third kappa shape index (κ3) is 5.70. The molecule has 2 aliphatic rings. The van der Waals surface area contributed by atoms with E-state index in [0.29, 0.717) is 29.8 Å². The van der Waals surface area contributed by atoms with E-state index in [4.69, 9.17) is 9.97 Å². The lowest BCUT2D eigenvalue weighted by Crippen LogP contribution is -1.90. The number of H-pyrrole nitrogens is 2. The van der Waals surface area contributed by atoms with Gasteiger partial charge in [0.1, 0.15) is 17.2 Å². The second-order valence-electron chi connectivity index (χ2n) is 13.1. The molecule has 4 aromatic carbocycles. The minimum atomic E-state index is -0.248. The number of nitrogens with one attached hydrogen (secondary N) is 2. The zero-order valence-electron chi connectivity index (χ0n) is 28.2. The maximum Gasteiger partial charge on any atom is 0.158 e. The van der Waals surface area contributed by atoms with Crippen LogP contribution in [-0.2, 0) is 12.8 Å². The van der Waals surface area contributed by atoms with Crippen molar-refractivity contribution in [1.82, 2.24) is 19.9 Å². The van der Waals surface area contributed by atoms with Gasteiger partial charge in [0, 0.05) is 44.3 Å². The number of nitrogens with zero attached hydrogens (tertiary/aromatic N) is 2. The maximum absolute atomic E-state index is 10.6. The molecule has 0 fully saturated rings. The molecule has 7 N–H and O–H groups in total. The Bertz CT molecular complexity index is 2810. The molecule has 0 spiro atoms. The molecule has 8 bridgehead atoms.